The van der Waals surface area contributed by atoms with Gasteiger partial charge in [-0.1, -0.05) is 236 Å². The lowest BCUT2D eigenvalue weighted by molar-refractivity contribution is -0.151. The third-order valence-corrected chi connectivity index (χ3v) is 11.0. The van der Waals surface area contributed by atoms with Crippen molar-refractivity contribution in [2.24, 2.45) is 0 Å². The summed E-state index contributed by atoms with van der Waals surface area (Å²) in [6.45, 7) is 6.32. The first-order valence-corrected chi connectivity index (χ1v) is 24.6. The summed E-state index contributed by atoms with van der Waals surface area (Å²) in [5.41, 5.74) is 0. The van der Waals surface area contributed by atoms with E-state index in [0.29, 0.717) is 19.3 Å². The van der Waals surface area contributed by atoms with Gasteiger partial charge in [0.2, 0.25) is 5.91 Å². The van der Waals surface area contributed by atoms with Crippen molar-refractivity contribution < 1.29 is 24.5 Å². The second kappa shape index (κ2) is 45.6. The van der Waals surface area contributed by atoms with Gasteiger partial charge in [-0.2, -0.15) is 0 Å². The van der Waals surface area contributed by atoms with Crippen molar-refractivity contribution in [2.45, 2.75) is 251 Å². The number of aliphatic hydroxyl groups excluding tert-OH is 2. The van der Waals surface area contributed by atoms with Crippen LogP contribution in [0.15, 0.2) is 60.8 Å². The minimum Gasteiger partial charge on any atom is -0.462 e. The van der Waals surface area contributed by atoms with Crippen molar-refractivity contribution in [3.05, 3.63) is 60.8 Å². The Morgan fingerprint density at radius 2 is 0.931 bits per heavy atom. The summed E-state index contributed by atoms with van der Waals surface area (Å²) in [6, 6.07) is -0.709. The molecule has 3 unspecified atom stereocenters. The molecule has 3 atom stereocenters. The summed E-state index contributed by atoms with van der Waals surface area (Å²) in [5.74, 6) is -0.523. The molecule has 3 N–H and O–H groups in total. The van der Waals surface area contributed by atoms with Crippen LogP contribution in [0.25, 0.3) is 0 Å². The number of hydrogen-bond donors (Lipinski definition) is 3. The molecule has 1 amide bonds. The lowest BCUT2D eigenvalue weighted by atomic mass is 10.0. The summed E-state index contributed by atoms with van der Waals surface area (Å²) in [4.78, 5) is 26.0. The number of esters is 1. The fourth-order valence-electron chi connectivity index (χ4n) is 7.27. The number of aliphatic hydroxyl groups is 2. The molecule has 0 aromatic rings. The lowest BCUT2D eigenvalue weighted by Crippen LogP contribution is -2.46. The number of unbranched alkanes of at least 4 members (excludes halogenated alkanes) is 25. The SMILES string of the molecule is CC/C=C/C=C/C=C\C=C/C=C/CCCCCC(=O)OC(CCCCCCCCCCC)CC(=O)NC(CO)C(O)CCCCCCCCCCCCCCCCC. The van der Waals surface area contributed by atoms with Gasteiger partial charge in [0.05, 0.1) is 25.2 Å². The molecule has 0 aromatic carbocycles. The lowest BCUT2D eigenvalue weighted by Gasteiger charge is -2.24. The summed E-state index contributed by atoms with van der Waals surface area (Å²) >= 11 is 0. The van der Waals surface area contributed by atoms with E-state index in [1.54, 1.807) is 0 Å². The molecule has 0 fully saturated rings. The van der Waals surface area contributed by atoms with Crippen LogP contribution in [0.2, 0.25) is 0 Å². The number of carbonyl (C=O) groups excluding carboxylic acids is 2. The van der Waals surface area contributed by atoms with Gasteiger partial charge in [0.15, 0.2) is 0 Å². The van der Waals surface area contributed by atoms with Gasteiger partial charge >= 0.3 is 5.97 Å². The van der Waals surface area contributed by atoms with E-state index in [1.165, 1.54) is 116 Å². The topological polar surface area (TPSA) is 95.9 Å². The zero-order chi connectivity index (χ0) is 42.4. The minimum absolute atomic E-state index is 0.0601. The second-order valence-corrected chi connectivity index (χ2v) is 16.6. The van der Waals surface area contributed by atoms with Crippen LogP contribution in [-0.4, -0.2) is 46.9 Å². The van der Waals surface area contributed by atoms with Crippen LogP contribution in [0.4, 0.5) is 0 Å². The number of ether oxygens (including phenoxy) is 1. The standard InChI is InChI=1S/C52H93NO5/c1-4-7-10-13-16-19-21-23-25-27-29-32-35-38-41-44-50(55)49(47-54)53-51(56)46-48(43-40-37-34-31-18-15-12-9-6-3)58-52(57)45-42-39-36-33-30-28-26-24-22-20-17-14-11-8-5-2/h8,11,14,17,20,22,24,26,28,30,48-50,54-55H,4-7,9-10,12-13,15-16,18-19,21,23,25,27,29,31-47H2,1-3H3,(H,53,56)/b11-8+,17-14+,22-20-,26-24-,30-28+. The first-order valence-electron chi connectivity index (χ1n) is 24.6. The Labute approximate surface area is 358 Å². The predicted octanol–water partition coefficient (Wildman–Crippen LogP) is 14.5. The van der Waals surface area contributed by atoms with E-state index in [4.69, 9.17) is 4.74 Å². The quantitative estimate of drug-likeness (QED) is 0.0324. The van der Waals surface area contributed by atoms with Gasteiger partial charge in [-0.15, -0.1) is 0 Å². The number of carbonyl (C=O) groups is 2. The molecule has 58 heavy (non-hydrogen) atoms. The summed E-state index contributed by atoms with van der Waals surface area (Å²) in [7, 11) is 0. The van der Waals surface area contributed by atoms with Gasteiger partial charge in [0, 0.05) is 6.42 Å². The molecule has 0 aliphatic rings. The van der Waals surface area contributed by atoms with Crippen LogP contribution in [0.5, 0.6) is 0 Å². The van der Waals surface area contributed by atoms with E-state index in [-0.39, 0.29) is 24.9 Å². The zero-order valence-electron chi connectivity index (χ0n) is 38.2. The average Bonchev–Trinajstić information content (AvgIpc) is 3.22. The zero-order valence-corrected chi connectivity index (χ0v) is 38.2. The molecule has 0 aliphatic carbocycles. The van der Waals surface area contributed by atoms with Crippen LogP contribution in [0.3, 0.4) is 0 Å². The highest BCUT2D eigenvalue weighted by atomic mass is 16.5. The van der Waals surface area contributed by atoms with Gasteiger partial charge in [0.25, 0.3) is 0 Å². The maximum Gasteiger partial charge on any atom is 0.306 e. The molecule has 0 bridgehead atoms. The molecular weight excluding hydrogens is 719 g/mol. The molecule has 0 saturated heterocycles. The highest BCUT2D eigenvalue weighted by Crippen LogP contribution is 2.18. The average molecular weight is 812 g/mol. The van der Waals surface area contributed by atoms with Crippen LogP contribution in [-0.2, 0) is 14.3 Å². The number of allylic oxidation sites excluding steroid dienone is 10. The Morgan fingerprint density at radius 3 is 1.40 bits per heavy atom. The van der Waals surface area contributed by atoms with Crippen LogP contribution < -0.4 is 5.32 Å². The number of rotatable bonds is 43. The molecule has 0 rings (SSSR count). The molecule has 0 aliphatic heterocycles. The molecule has 336 valence electrons. The summed E-state index contributed by atoms with van der Waals surface area (Å²) in [5, 5.41) is 23.7. The van der Waals surface area contributed by atoms with Gasteiger partial charge in [0.1, 0.15) is 6.10 Å². The van der Waals surface area contributed by atoms with Crippen molar-refractivity contribution in [2.75, 3.05) is 6.61 Å². The molecule has 0 aromatic heterocycles. The first-order chi connectivity index (χ1) is 28.5. The van der Waals surface area contributed by atoms with Crippen LogP contribution in [0.1, 0.15) is 233 Å². The monoisotopic (exact) mass is 812 g/mol. The number of amides is 1. The Balaban J connectivity index is 4.54. The van der Waals surface area contributed by atoms with Crippen molar-refractivity contribution >= 4 is 11.9 Å². The normalized spacial score (nSPS) is 13.8. The molecule has 0 heterocycles. The fraction of sp³-hybridized carbons (Fsp3) is 0.769. The molecule has 0 spiro atoms. The van der Waals surface area contributed by atoms with Gasteiger partial charge < -0.3 is 20.3 Å². The van der Waals surface area contributed by atoms with Gasteiger partial charge in [-0.25, -0.2) is 0 Å². The smallest absolute Gasteiger partial charge is 0.306 e. The van der Waals surface area contributed by atoms with Crippen molar-refractivity contribution in [1.82, 2.24) is 5.32 Å². The van der Waals surface area contributed by atoms with E-state index < -0.39 is 18.2 Å². The largest absolute Gasteiger partial charge is 0.462 e. The Morgan fingerprint density at radius 1 is 0.517 bits per heavy atom. The molecule has 6 heteroatoms. The summed E-state index contributed by atoms with van der Waals surface area (Å²) in [6.07, 6.45) is 55.6. The van der Waals surface area contributed by atoms with Crippen molar-refractivity contribution in [3.8, 4) is 0 Å². The minimum atomic E-state index is -0.794. The molecule has 0 radical (unpaired) electrons. The van der Waals surface area contributed by atoms with E-state index >= 15 is 0 Å². The van der Waals surface area contributed by atoms with Gasteiger partial charge in [-0.3, -0.25) is 9.59 Å². The third kappa shape index (κ3) is 40.3. The highest BCUT2D eigenvalue weighted by Gasteiger charge is 2.24. The summed E-state index contributed by atoms with van der Waals surface area (Å²) < 4.78 is 5.89. The van der Waals surface area contributed by atoms with E-state index in [9.17, 15) is 19.8 Å². The molecule has 6 nitrogen and oxygen atoms in total. The van der Waals surface area contributed by atoms with Crippen LogP contribution >= 0.6 is 0 Å². The van der Waals surface area contributed by atoms with Gasteiger partial charge in [-0.05, 0) is 44.9 Å². The highest BCUT2D eigenvalue weighted by molar-refractivity contribution is 5.77. The van der Waals surface area contributed by atoms with Crippen LogP contribution in [0, 0.1) is 0 Å². The Kier molecular flexibility index (Phi) is 43.7. The maximum atomic E-state index is 13.1. The van der Waals surface area contributed by atoms with E-state index in [1.807, 2.05) is 42.5 Å². The number of hydrogen-bond acceptors (Lipinski definition) is 5. The Bertz CT molecular complexity index is 1050. The van der Waals surface area contributed by atoms with E-state index in [2.05, 4.69) is 44.3 Å². The molecular formula is C52H93NO5. The fourth-order valence-corrected chi connectivity index (χ4v) is 7.27. The maximum absolute atomic E-state index is 13.1. The third-order valence-electron chi connectivity index (χ3n) is 11.0. The predicted molar refractivity (Wildman–Crippen MR) is 250 cm³/mol. The first kappa shape index (κ1) is 55.6. The second-order valence-electron chi connectivity index (χ2n) is 16.6. The molecule has 0 saturated carbocycles. The van der Waals surface area contributed by atoms with Crippen molar-refractivity contribution in [3.63, 3.8) is 0 Å². The van der Waals surface area contributed by atoms with E-state index in [0.717, 1.165) is 70.6 Å². The van der Waals surface area contributed by atoms with Crippen molar-refractivity contribution in [1.29, 1.82) is 0 Å². The Hall–Kier alpha value is -2.44. The number of nitrogens with one attached hydrogen (secondary N) is 1.